The molecule has 0 amide bonds. The Hall–Kier alpha value is -1.34. The fourth-order valence-corrected chi connectivity index (χ4v) is 2.26. The summed E-state index contributed by atoms with van der Waals surface area (Å²) in [4.78, 5) is 11.9. The topological polar surface area (TPSA) is 80.5 Å². The van der Waals surface area contributed by atoms with Gasteiger partial charge in [0.25, 0.3) is 0 Å². The summed E-state index contributed by atoms with van der Waals surface area (Å²) >= 11 is 5.77. The van der Waals surface area contributed by atoms with Gasteiger partial charge in [0.15, 0.2) is 0 Å². The third kappa shape index (κ3) is 3.85. The van der Waals surface area contributed by atoms with E-state index in [2.05, 4.69) is 0 Å². The number of nitrogens with zero attached hydrogens (tertiary/aromatic N) is 2. The standard InChI is InChI=1S/C10H13ClN2O4S/c1-12(6-7-18(2,16)17)9-5-3-4-8(11)10(9)13(14)15/h3-5H,6-7H2,1-2H3. The minimum Gasteiger partial charge on any atom is -0.368 e. The number of nitro groups is 1. The van der Waals surface area contributed by atoms with Crippen LogP contribution in [0.2, 0.25) is 5.02 Å². The molecule has 0 saturated carbocycles. The molecule has 8 heteroatoms. The third-order valence-electron chi connectivity index (χ3n) is 2.36. The maximum absolute atomic E-state index is 11.1. The molecule has 0 heterocycles. The van der Waals surface area contributed by atoms with Crippen LogP contribution in [0.1, 0.15) is 0 Å². The number of nitro benzene ring substituents is 1. The van der Waals surface area contributed by atoms with Crippen molar-refractivity contribution in [1.29, 1.82) is 0 Å². The Morgan fingerprint density at radius 2 is 2.06 bits per heavy atom. The van der Waals surface area contributed by atoms with Crippen LogP contribution < -0.4 is 4.90 Å². The number of benzene rings is 1. The van der Waals surface area contributed by atoms with Crippen molar-refractivity contribution in [2.75, 3.05) is 30.5 Å². The predicted octanol–water partition coefficient (Wildman–Crippen LogP) is 1.73. The molecule has 0 atom stereocenters. The smallest absolute Gasteiger partial charge is 0.310 e. The molecule has 1 aromatic carbocycles. The Bertz CT molecular complexity index is 559. The summed E-state index contributed by atoms with van der Waals surface area (Å²) in [6.45, 7) is 0.167. The SMILES string of the molecule is CN(CCS(C)(=O)=O)c1cccc(Cl)c1[N+](=O)[O-]. The van der Waals surface area contributed by atoms with Gasteiger partial charge in [0.1, 0.15) is 20.5 Å². The summed E-state index contributed by atoms with van der Waals surface area (Å²) in [7, 11) is -1.53. The molecule has 0 fully saturated rings. The van der Waals surface area contributed by atoms with Gasteiger partial charge in [-0.25, -0.2) is 8.42 Å². The Balaban J connectivity index is 3.02. The summed E-state index contributed by atoms with van der Waals surface area (Å²) in [6.07, 6.45) is 1.12. The molecule has 100 valence electrons. The zero-order valence-corrected chi connectivity index (χ0v) is 11.5. The molecule has 0 bridgehead atoms. The summed E-state index contributed by atoms with van der Waals surface area (Å²) in [6, 6.07) is 4.54. The largest absolute Gasteiger partial charge is 0.368 e. The molecule has 0 N–H and O–H groups in total. The fourth-order valence-electron chi connectivity index (χ4n) is 1.42. The summed E-state index contributed by atoms with van der Waals surface area (Å²) in [5.41, 5.74) is 0.0892. The molecule has 0 aliphatic rings. The molecule has 6 nitrogen and oxygen atoms in total. The number of para-hydroxylation sites is 1. The van der Waals surface area contributed by atoms with Crippen molar-refractivity contribution in [2.45, 2.75) is 0 Å². The molecule has 0 aliphatic carbocycles. The van der Waals surface area contributed by atoms with Gasteiger partial charge in [-0.05, 0) is 12.1 Å². The van der Waals surface area contributed by atoms with E-state index >= 15 is 0 Å². The van der Waals surface area contributed by atoms with Crippen LogP contribution in [0.15, 0.2) is 18.2 Å². The van der Waals surface area contributed by atoms with Crippen molar-refractivity contribution in [3.05, 3.63) is 33.3 Å². The number of hydrogen-bond donors (Lipinski definition) is 0. The van der Waals surface area contributed by atoms with Crippen molar-refractivity contribution in [3.63, 3.8) is 0 Å². The van der Waals surface area contributed by atoms with Crippen LogP contribution in [0.25, 0.3) is 0 Å². The first-order valence-corrected chi connectivity index (χ1v) is 7.48. The van der Waals surface area contributed by atoms with Gasteiger partial charge in [-0.3, -0.25) is 10.1 Å². The first-order valence-electron chi connectivity index (χ1n) is 5.04. The lowest BCUT2D eigenvalue weighted by Crippen LogP contribution is -2.25. The molecule has 0 unspecified atom stereocenters. The molecule has 0 aliphatic heterocycles. The summed E-state index contributed by atoms with van der Waals surface area (Å²) in [5.74, 6) is -0.0762. The molecule has 0 spiro atoms. The lowest BCUT2D eigenvalue weighted by Gasteiger charge is -2.18. The second kappa shape index (κ2) is 5.53. The van der Waals surface area contributed by atoms with Gasteiger partial charge < -0.3 is 4.90 Å². The Morgan fingerprint density at radius 1 is 1.44 bits per heavy atom. The van der Waals surface area contributed by atoms with Crippen LogP contribution in [-0.4, -0.2) is 38.9 Å². The van der Waals surface area contributed by atoms with Gasteiger partial charge in [0.2, 0.25) is 0 Å². The van der Waals surface area contributed by atoms with Crippen molar-refractivity contribution in [3.8, 4) is 0 Å². The highest BCUT2D eigenvalue weighted by Crippen LogP contribution is 2.34. The summed E-state index contributed by atoms with van der Waals surface area (Å²) in [5, 5.41) is 11.0. The van der Waals surface area contributed by atoms with Gasteiger partial charge >= 0.3 is 5.69 Å². The van der Waals surface area contributed by atoms with E-state index in [9.17, 15) is 18.5 Å². The number of sulfone groups is 1. The minimum atomic E-state index is -3.11. The third-order valence-corrected chi connectivity index (χ3v) is 3.59. The zero-order valence-electron chi connectivity index (χ0n) is 9.96. The highest BCUT2D eigenvalue weighted by molar-refractivity contribution is 7.90. The highest BCUT2D eigenvalue weighted by atomic mass is 35.5. The summed E-state index contributed by atoms with van der Waals surface area (Å²) < 4.78 is 22.1. The van der Waals surface area contributed by atoms with Gasteiger partial charge in [-0.1, -0.05) is 17.7 Å². The van der Waals surface area contributed by atoms with E-state index in [0.717, 1.165) is 6.26 Å². The van der Waals surface area contributed by atoms with Gasteiger partial charge in [-0.2, -0.15) is 0 Å². The Kier molecular flexibility index (Phi) is 4.53. The Morgan fingerprint density at radius 3 is 2.56 bits per heavy atom. The second-order valence-corrected chi connectivity index (χ2v) is 6.58. The number of rotatable bonds is 5. The maximum Gasteiger partial charge on any atom is 0.310 e. The van der Waals surface area contributed by atoms with Gasteiger partial charge in [0.05, 0.1) is 10.7 Å². The first-order chi connectivity index (χ1) is 8.22. The average molecular weight is 293 g/mol. The van der Waals surface area contributed by atoms with Crippen molar-refractivity contribution in [1.82, 2.24) is 0 Å². The highest BCUT2D eigenvalue weighted by Gasteiger charge is 2.21. The van der Waals surface area contributed by atoms with Crippen LogP contribution in [0.3, 0.4) is 0 Å². The lowest BCUT2D eigenvalue weighted by molar-refractivity contribution is -0.384. The number of anilines is 1. The average Bonchev–Trinajstić information content (AvgIpc) is 2.24. The maximum atomic E-state index is 11.1. The monoisotopic (exact) mass is 292 g/mol. The van der Waals surface area contributed by atoms with E-state index in [-0.39, 0.29) is 23.0 Å². The van der Waals surface area contributed by atoms with E-state index in [1.54, 1.807) is 13.1 Å². The molecular weight excluding hydrogens is 280 g/mol. The van der Waals surface area contributed by atoms with E-state index in [1.165, 1.54) is 17.0 Å². The second-order valence-electron chi connectivity index (χ2n) is 3.92. The molecule has 0 saturated heterocycles. The fraction of sp³-hybridized carbons (Fsp3) is 0.400. The first kappa shape index (κ1) is 14.7. The van der Waals surface area contributed by atoms with Crippen LogP contribution in [-0.2, 0) is 9.84 Å². The lowest BCUT2D eigenvalue weighted by atomic mass is 10.2. The van der Waals surface area contributed by atoms with E-state index in [0.29, 0.717) is 5.69 Å². The van der Waals surface area contributed by atoms with E-state index < -0.39 is 14.8 Å². The van der Waals surface area contributed by atoms with Crippen LogP contribution in [0, 0.1) is 10.1 Å². The number of hydrogen-bond acceptors (Lipinski definition) is 5. The van der Waals surface area contributed by atoms with Gasteiger partial charge in [0, 0.05) is 19.8 Å². The van der Waals surface area contributed by atoms with Crippen LogP contribution >= 0.6 is 11.6 Å². The van der Waals surface area contributed by atoms with Crippen molar-refractivity contribution < 1.29 is 13.3 Å². The van der Waals surface area contributed by atoms with Crippen LogP contribution in [0.4, 0.5) is 11.4 Å². The van der Waals surface area contributed by atoms with E-state index in [4.69, 9.17) is 11.6 Å². The van der Waals surface area contributed by atoms with Crippen molar-refractivity contribution >= 4 is 32.8 Å². The molecular formula is C10H13ClN2O4S. The predicted molar refractivity (Wildman–Crippen MR) is 71.1 cm³/mol. The van der Waals surface area contributed by atoms with Crippen LogP contribution in [0.5, 0.6) is 0 Å². The normalized spacial score (nSPS) is 11.3. The van der Waals surface area contributed by atoms with E-state index in [1.807, 2.05) is 0 Å². The molecule has 1 rings (SSSR count). The molecule has 1 aromatic rings. The minimum absolute atomic E-state index is 0.0312. The zero-order chi connectivity index (χ0) is 13.9. The Labute approximate surface area is 110 Å². The molecule has 18 heavy (non-hydrogen) atoms. The molecule has 0 radical (unpaired) electrons. The number of halogens is 1. The van der Waals surface area contributed by atoms with Gasteiger partial charge in [-0.15, -0.1) is 0 Å². The van der Waals surface area contributed by atoms with Crippen molar-refractivity contribution in [2.24, 2.45) is 0 Å². The molecule has 0 aromatic heterocycles. The quantitative estimate of drug-likeness (QED) is 0.610.